The number of nitriles is 1. The zero-order chi connectivity index (χ0) is 13.5. The van der Waals surface area contributed by atoms with Crippen molar-refractivity contribution in [3.05, 3.63) is 35.4 Å². The predicted octanol–water partition coefficient (Wildman–Crippen LogP) is 2.71. The maximum atomic E-state index is 10.1. The SMILES string of the molecule is CCCC(C)N(C)CC(O)c1ccc(C#N)cc1. The Bertz CT molecular complexity index is 394. The minimum atomic E-state index is -0.498. The van der Waals surface area contributed by atoms with Gasteiger partial charge in [-0.05, 0) is 38.1 Å². The summed E-state index contributed by atoms with van der Waals surface area (Å²) in [4.78, 5) is 2.17. The van der Waals surface area contributed by atoms with Gasteiger partial charge in [0.1, 0.15) is 0 Å². The third-order valence-electron chi connectivity index (χ3n) is 3.34. The van der Waals surface area contributed by atoms with E-state index in [1.165, 1.54) is 0 Å². The molecule has 18 heavy (non-hydrogen) atoms. The quantitative estimate of drug-likeness (QED) is 0.839. The zero-order valence-electron chi connectivity index (χ0n) is 11.4. The van der Waals surface area contributed by atoms with Crippen LogP contribution in [-0.4, -0.2) is 29.6 Å². The summed E-state index contributed by atoms with van der Waals surface area (Å²) in [5.74, 6) is 0. The van der Waals surface area contributed by atoms with Gasteiger partial charge in [-0.1, -0.05) is 25.5 Å². The minimum Gasteiger partial charge on any atom is -0.387 e. The van der Waals surface area contributed by atoms with Gasteiger partial charge in [-0.15, -0.1) is 0 Å². The highest BCUT2D eigenvalue weighted by Gasteiger charge is 2.14. The first-order valence-electron chi connectivity index (χ1n) is 6.46. The van der Waals surface area contributed by atoms with Gasteiger partial charge in [-0.2, -0.15) is 5.26 Å². The summed E-state index contributed by atoms with van der Waals surface area (Å²) in [6, 6.07) is 9.68. The molecule has 0 aliphatic rings. The molecule has 1 aromatic rings. The van der Waals surface area contributed by atoms with E-state index in [1.807, 2.05) is 19.2 Å². The lowest BCUT2D eigenvalue weighted by molar-refractivity contribution is 0.106. The zero-order valence-corrected chi connectivity index (χ0v) is 11.4. The van der Waals surface area contributed by atoms with Crippen molar-refractivity contribution in [2.24, 2.45) is 0 Å². The molecule has 0 aliphatic carbocycles. The van der Waals surface area contributed by atoms with Crippen molar-refractivity contribution in [1.82, 2.24) is 4.90 Å². The standard InChI is InChI=1S/C15H22N2O/c1-4-5-12(2)17(3)11-15(18)14-8-6-13(10-16)7-9-14/h6-9,12,15,18H,4-5,11H2,1-3H3. The van der Waals surface area contributed by atoms with Gasteiger partial charge in [-0.3, -0.25) is 0 Å². The molecule has 2 atom stereocenters. The summed E-state index contributed by atoms with van der Waals surface area (Å²) in [6.07, 6.45) is 1.79. The molecule has 3 heteroatoms. The Morgan fingerprint density at radius 1 is 1.33 bits per heavy atom. The first kappa shape index (κ1) is 14.7. The molecule has 0 amide bonds. The summed E-state index contributed by atoms with van der Waals surface area (Å²) in [6.45, 7) is 4.96. The van der Waals surface area contributed by atoms with Crippen molar-refractivity contribution in [1.29, 1.82) is 5.26 Å². The van der Waals surface area contributed by atoms with Gasteiger partial charge in [0, 0.05) is 12.6 Å². The molecule has 2 unspecified atom stereocenters. The van der Waals surface area contributed by atoms with Gasteiger partial charge in [0.25, 0.3) is 0 Å². The lowest BCUT2D eigenvalue weighted by atomic mass is 10.1. The van der Waals surface area contributed by atoms with Gasteiger partial charge in [0.2, 0.25) is 0 Å². The number of hydrogen-bond acceptors (Lipinski definition) is 3. The number of aliphatic hydroxyl groups is 1. The lowest BCUT2D eigenvalue weighted by Gasteiger charge is -2.26. The second kappa shape index (κ2) is 7.15. The highest BCUT2D eigenvalue weighted by molar-refractivity contribution is 5.32. The van der Waals surface area contributed by atoms with E-state index in [0.29, 0.717) is 18.2 Å². The Balaban J connectivity index is 2.58. The van der Waals surface area contributed by atoms with E-state index in [-0.39, 0.29) is 0 Å². The molecule has 0 radical (unpaired) electrons. The van der Waals surface area contributed by atoms with Crippen molar-refractivity contribution in [3.8, 4) is 6.07 Å². The molecule has 0 bridgehead atoms. The fraction of sp³-hybridized carbons (Fsp3) is 0.533. The topological polar surface area (TPSA) is 47.3 Å². The second-order valence-electron chi connectivity index (χ2n) is 4.83. The van der Waals surface area contributed by atoms with E-state index >= 15 is 0 Å². The van der Waals surface area contributed by atoms with Crippen LogP contribution < -0.4 is 0 Å². The molecule has 0 fully saturated rings. The molecule has 0 spiro atoms. The smallest absolute Gasteiger partial charge is 0.0991 e. The Morgan fingerprint density at radius 2 is 1.94 bits per heavy atom. The van der Waals surface area contributed by atoms with Gasteiger partial charge in [0.05, 0.1) is 17.7 Å². The Morgan fingerprint density at radius 3 is 2.44 bits per heavy atom. The van der Waals surface area contributed by atoms with Crippen LogP contribution in [0.1, 0.15) is 43.9 Å². The molecule has 98 valence electrons. The monoisotopic (exact) mass is 246 g/mol. The Hall–Kier alpha value is -1.37. The molecule has 1 rings (SSSR count). The maximum absolute atomic E-state index is 10.1. The van der Waals surface area contributed by atoms with Gasteiger partial charge < -0.3 is 10.0 Å². The van der Waals surface area contributed by atoms with Crippen molar-refractivity contribution in [3.63, 3.8) is 0 Å². The highest BCUT2D eigenvalue weighted by Crippen LogP contribution is 2.16. The summed E-state index contributed by atoms with van der Waals surface area (Å²) in [5.41, 5.74) is 1.49. The number of rotatable bonds is 6. The molecule has 0 aliphatic heterocycles. The molecule has 0 saturated carbocycles. The van der Waals surface area contributed by atoms with Crippen LogP contribution in [0.15, 0.2) is 24.3 Å². The van der Waals surface area contributed by atoms with Gasteiger partial charge >= 0.3 is 0 Å². The average Bonchev–Trinajstić information content (AvgIpc) is 2.39. The molecule has 3 nitrogen and oxygen atoms in total. The van der Waals surface area contributed by atoms with Crippen LogP contribution in [0.25, 0.3) is 0 Å². The van der Waals surface area contributed by atoms with Crippen LogP contribution in [0.3, 0.4) is 0 Å². The van der Waals surface area contributed by atoms with Crippen LogP contribution in [0.2, 0.25) is 0 Å². The van der Waals surface area contributed by atoms with E-state index in [9.17, 15) is 5.11 Å². The van der Waals surface area contributed by atoms with E-state index in [4.69, 9.17) is 5.26 Å². The Labute approximate surface area is 110 Å². The molecular weight excluding hydrogens is 224 g/mol. The molecule has 1 N–H and O–H groups in total. The summed E-state index contributed by atoms with van der Waals surface area (Å²) in [7, 11) is 2.03. The molecule has 0 heterocycles. The van der Waals surface area contributed by atoms with Crippen molar-refractivity contribution in [2.45, 2.75) is 38.8 Å². The summed E-state index contributed by atoms with van der Waals surface area (Å²) in [5, 5.41) is 18.9. The number of likely N-dealkylation sites (N-methyl/N-ethyl adjacent to an activating group) is 1. The Kier molecular flexibility index (Phi) is 5.84. The van der Waals surface area contributed by atoms with Gasteiger partial charge in [-0.25, -0.2) is 0 Å². The van der Waals surface area contributed by atoms with E-state index in [1.54, 1.807) is 12.1 Å². The van der Waals surface area contributed by atoms with Crippen LogP contribution in [0.5, 0.6) is 0 Å². The van der Waals surface area contributed by atoms with Crippen molar-refractivity contribution < 1.29 is 5.11 Å². The van der Waals surface area contributed by atoms with Crippen molar-refractivity contribution >= 4 is 0 Å². The van der Waals surface area contributed by atoms with Gasteiger partial charge in [0.15, 0.2) is 0 Å². The number of nitrogens with zero attached hydrogens (tertiary/aromatic N) is 2. The summed E-state index contributed by atoms with van der Waals surface area (Å²) >= 11 is 0. The number of hydrogen-bond donors (Lipinski definition) is 1. The number of benzene rings is 1. The molecule has 1 aromatic carbocycles. The van der Waals surface area contributed by atoms with Crippen LogP contribution in [0, 0.1) is 11.3 Å². The molecule has 0 saturated heterocycles. The van der Waals surface area contributed by atoms with Crippen molar-refractivity contribution in [2.75, 3.05) is 13.6 Å². The first-order valence-corrected chi connectivity index (χ1v) is 6.46. The predicted molar refractivity (Wildman–Crippen MR) is 73.1 cm³/mol. The molecular formula is C15H22N2O. The van der Waals surface area contributed by atoms with E-state index in [2.05, 4.69) is 24.8 Å². The minimum absolute atomic E-state index is 0.475. The lowest BCUT2D eigenvalue weighted by Crippen LogP contribution is -2.32. The van der Waals surface area contributed by atoms with Crippen LogP contribution >= 0.6 is 0 Å². The number of aliphatic hydroxyl groups excluding tert-OH is 1. The third-order valence-corrected chi connectivity index (χ3v) is 3.34. The fourth-order valence-corrected chi connectivity index (χ4v) is 1.98. The average molecular weight is 246 g/mol. The van der Waals surface area contributed by atoms with Crippen LogP contribution in [-0.2, 0) is 0 Å². The third kappa shape index (κ3) is 4.14. The summed E-state index contributed by atoms with van der Waals surface area (Å²) < 4.78 is 0. The second-order valence-corrected chi connectivity index (χ2v) is 4.83. The van der Waals surface area contributed by atoms with Crippen LogP contribution in [0.4, 0.5) is 0 Å². The molecule has 0 aromatic heterocycles. The van der Waals surface area contributed by atoms with E-state index < -0.39 is 6.10 Å². The normalized spacial score (nSPS) is 14.2. The highest BCUT2D eigenvalue weighted by atomic mass is 16.3. The van der Waals surface area contributed by atoms with E-state index in [0.717, 1.165) is 18.4 Å². The maximum Gasteiger partial charge on any atom is 0.0991 e. The fourth-order valence-electron chi connectivity index (χ4n) is 1.98. The first-order chi connectivity index (χ1) is 8.58. The largest absolute Gasteiger partial charge is 0.387 e.